The second kappa shape index (κ2) is 4.35. The van der Waals surface area contributed by atoms with Crippen LogP contribution in [0.2, 0.25) is 0 Å². The fourth-order valence-corrected chi connectivity index (χ4v) is 9.23. The monoisotopic (exact) mass is 376 g/mol. The van der Waals surface area contributed by atoms with E-state index in [2.05, 4.69) is 24.3 Å². The molecule has 1 spiro atoms. The molecule has 0 aromatic heterocycles. The van der Waals surface area contributed by atoms with Crippen molar-refractivity contribution >= 4 is 28.0 Å². The van der Waals surface area contributed by atoms with Crippen LogP contribution in [0.5, 0.6) is 0 Å². The molecule has 2 aliphatic carbocycles. The van der Waals surface area contributed by atoms with Gasteiger partial charge in [0.05, 0.1) is 0 Å². The van der Waals surface area contributed by atoms with E-state index in [0.29, 0.717) is 0 Å². The summed E-state index contributed by atoms with van der Waals surface area (Å²) in [6, 6.07) is 8.80. The Morgan fingerprint density at radius 2 is 1.67 bits per heavy atom. The second-order valence-electron chi connectivity index (χ2n) is 5.81. The van der Waals surface area contributed by atoms with Crippen molar-refractivity contribution < 1.29 is 3.07 Å². The van der Waals surface area contributed by atoms with Crippen molar-refractivity contribution in [1.29, 1.82) is 0 Å². The summed E-state index contributed by atoms with van der Waals surface area (Å²) < 4.78 is 7.93. The molecule has 1 aromatic carbocycles. The van der Waals surface area contributed by atoms with Crippen LogP contribution < -0.4 is 0 Å². The van der Waals surface area contributed by atoms with Gasteiger partial charge in [-0.25, -0.2) is 0 Å². The summed E-state index contributed by atoms with van der Waals surface area (Å²) in [7, 11) is 6.61. The van der Waals surface area contributed by atoms with Crippen LogP contribution >= 0.6 is 28.0 Å². The molecular formula is C15H18ClIO. The van der Waals surface area contributed by atoms with Gasteiger partial charge in [-0.2, -0.15) is 0 Å². The molecule has 3 aliphatic rings. The molecule has 1 nitrogen and oxygen atoms in total. The van der Waals surface area contributed by atoms with Gasteiger partial charge in [-0.3, -0.25) is 0 Å². The van der Waals surface area contributed by atoms with Crippen LogP contribution in [0.4, 0.5) is 0 Å². The average molecular weight is 377 g/mol. The standard InChI is InChI=1S/C15H18ClIO/c16-17-14-10-2-1-9-13(14)15(18-17)11-5-3-6-12(15)8-4-7-11/h1-2,9-12H,3-8H2. The molecule has 3 heteroatoms. The molecule has 1 heterocycles. The predicted octanol–water partition coefficient (Wildman–Crippen LogP) is 5.26. The topological polar surface area (TPSA) is 9.23 Å². The normalized spacial score (nSPS) is 39.9. The Labute approximate surface area is 120 Å². The van der Waals surface area contributed by atoms with Crippen molar-refractivity contribution in [3.8, 4) is 0 Å². The van der Waals surface area contributed by atoms with Crippen LogP contribution in [0.25, 0.3) is 0 Å². The van der Waals surface area contributed by atoms with Crippen LogP contribution in [0, 0.1) is 15.4 Å². The van der Waals surface area contributed by atoms with Crippen LogP contribution in [0.1, 0.15) is 44.1 Å². The van der Waals surface area contributed by atoms with Gasteiger partial charge in [-0.1, -0.05) is 0 Å². The third kappa shape index (κ3) is 1.49. The van der Waals surface area contributed by atoms with Crippen molar-refractivity contribution in [1.82, 2.24) is 0 Å². The number of hydrogen-bond donors (Lipinski definition) is 0. The van der Waals surface area contributed by atoms with Gasteiger partial charge in [0.1, 0.15) is 0 Å². The van der Waals surface area contributed by atoms with Crippen molar-refractivity contribution in [2.45, 2.75) is 44.1 Å². The number of benzene rings is 1. The zero-order chi connectivity index (χ0) is 12.2. The fraction of sp³-hybridized carbons (Fsp3) is 0.600. The number of hydrogen-bond acceptors (Lipinski definition) is 1. The molecule has 0 N–H and O–H groups in total. The molecule has 2 saturated carbocycles. The van der Waals surface area contributed by atoms with Crippen LogP contribution in [-0.2, 0) is 8.67 Å². The summed E-state index contributed by atoms with van der Waals surface area (Å²) in [6.07, 6.45) is 8.13. The third-order valence-electron chi connectivity index (χ3n) is 5.07. The zero-order valence-electron chi connectivity index (χ0n) is 10.4. The molecule has 0 saturated heterocycles. The molecule has 18 heavy (non-hydrogen) atoms. The van der Waals surface area contributed by atoms with E-state index >= 15 is 0 Å². The van der Waals surface area contributed by atoms with Gasteiger partial charge in [0, 0.05) is 0 Å². The average Bonchev–Trinajstić information content (AvgIpc) is 2.64. The second-order valence-corrected chi connectivity index (χ2v) is 10.3. The number of halogens is 2. The van der Waals surface area contributed by atoms with Gasteiger partial charge < -0.3 is 0 Å². The molecule has 0 amide bonds. The van der Waals surface area contributed by atoms with Crippen LogP contribution in [-0.4, -0.2) is 0 Å². The third-order valence-corrected chi connectivity index (χ3v) is 9.47. The first-order valence-electron chi connectivity index (χ1n) is 6.98. The zero-order valence-corrected chi connectivity index (χ0v) is 13.3. The number of rotatable bonds is 0. The molecule has 2 bridgehead atoms. The first kappa shape index (κ1) is 12.0. The van der Waals surface area contributed by atoms with E-state index in [1.807, 2.05) is 0 Å². The Balaban J connectivity index is 1.89. The van der Waals surface area contributed by atoms with Gasteiger partial charge in [0.2, 0.25) is 0 Å². The van der Waals surface area contributed by atoms with Gasteiger partial charge >= 0.3 is 120 Å². The fourth-order valence-electron chi connectivity index (χ4n) is 4.37. The Morgan fingerprint density at radius 1 is 1.06 bits per heavy atom. The first-order valence-corrected chi connectivity index (χ1v) is 11.7. The van der Waals surface area contributed by atoms with E-state index in [0.717, 1.165) is 11.8 Å². The van der Waals surface area contributed by atoms with Gasteiger partial charge in [0.15, 0.2) is 0 Å². The van der Waals surface area contributed by atoms with Crippen molar-refractivity contribution in [3.63, 3.8) is 0 Å². The maximum absolute atomic E-state index is 6.61. The molecule has 98 valence electrons. The minimum absolute atomic E-state index is 0.0275. The first-order chi connectivity index (χ1) is 8.82. The Kier molecular flexibility index (Phi) is 2.90. The Bertz CT molecular complexity index is 453. The molecule has 1 aromatic rings. The summed E-state index contributed by atoms with van der Waals surface area (Å²) in [5.74, 6) is 1.46. The molecular weight excluding hydrogens is 359 g/mol. The van der Waals surface area contributed by atoms with E-state index in [-0.39, 0.29) is 5.60 Å². The molecule has 2 fully saturated rings. The van der Waals surface area contributed by atoms with E-state index < -0.39 is 19.1 Å². The van der Waals surface area contributed by atoms with E-state index in [1.54, 1.807) is 0 Å². The molecule has 0 atom stereocenters. The van der Waals surface area contributed by atoms with Crippen LogP contribution in [0.3, 0.4) is 0 Å². The minimum atomic E-state index is -1.86. The summed E-state index contributed by atoms with van der Waals surface area (Å²) in [5, 5.41) is 0. The van der Waals surface area contributed by atoms with E-state index in [9.17, 15) is 0 Å². The molecule has 0 unspecified atom stereocenters. The van der Waals surface area contributed by atoms with Crippen molar-refractivity contribution in [2.75, 3.05) is 0 Å². The summed E-state index contributed by atoms with van der Waals surface area (Å²) in [4.78, 5) is 0. The Hall–Kier alpha value is 0.200. The Morgan fingerprint density at radius 3 is 2.33 bits per heavy atom. The molecule has 0 radical (unpaired) electrons. The van der Waals surface area contributed by atoms with Crippen molar-refractivity contribution in [3.05, 3.63) is 33.4 Å². The van der Waals surface area contributed by atoms with Crippen molar-refractivity contribution in [2.24, 2.45) is 11.8 Å². The molecule has 4 rings (SSSR count). The summed E-state index contributed by atoms with van der Waals surface area (Å²) in [5.41, 5.74) is 1.50. The van der Waals surface area contributed by atoms with E-state index in [1.165, 1.54) is 47.7 Å². The van der Waals surface area contributed by atoms with Gasteiger partial charge in [-0.05, 0) is 0 Å². The van der Waals surface area contributed by atoms with Gasteiger partial charge in [0.25, 0.3) is 0 Å². The quantitative estimate of drug-likeness (QED) is 0.561. The molecule has 1 aliphatic heterocycles. The van der Waals surface area contributed by atoms with Gasteiger partial charge in [-0.15, -0.1) is 0 Å². The summed E-state index contributed by atoms with van der Waals surface area (Å²) >= 11 is -1.86. The SMILES string of the molecule is ClI1OC2(c3ccccc31)C1CCCC2CCC1. The van der Waals surface area contributed by atoms with E-state index in [4.69, 9.17) is 12.0 Å². The number of fused-ring (bicyclic) bond motifs is 1. The maximum atomic E-state index is 6.61. The van der Waals surface area contributed by atoms with Crippen LogP contribution in [0.15, 0.2) is 24.3 Å². The predicted molar refractivity (Wildman–Crippen MR) is 82.5 cm³/mol. The summed E-state index contributed by atoms with van der Waals surface area (Å²) in [6.45, 7) is 0.